The summed E-state index contributed by atoms with van der Waals surface area (Å²) < 4.78 is 6.31. The summed E-state index contributed by atoms with van der Waals surface area (Å²) in [5, 5.41) is 2.01. The van der Waals surface area contributed by atoms with E-state index in [1.165, 1.54) is 0 Å². The summed E-state index contributed by atoms with van der Waals surface area (Å²) in [6, 6.07) is 5.81. The molecule has 3 aromatic heterocycles. The average Bonchev–Trinajstić information content (AvgIpc) is 2.86. The van der Waals surface area contributed by atoms with Gasteiger partial charge in [0.05, 0.1) is 28.6 Å². The van der Waals surface area contributed by atoms with Gasteiger partial charge in [0.15, 0.2) is 0 Å². The van der Waals surface area contributed by atoms with Crippen LogP contribution in [-0.2, 0) is 0 Å². The van der Waals surface area contributed by atoms with E-state index in [-0.39, 0.29) is 0 Å². The number of thiophene rings is 1. The Bertz CT molecular complexity index is 665. The summed E-state index contributed by atoms with van der Waals surface area (Å²) in [6.45, 7) is 0. The Hall–Kier alpha value is -2.01. The minimum Gasteiger partial charge on any atom is -0.481 e. The van der Waals surface area contributed by atoms with Gasteiger partial charge in [0.2, 0.25) is 5.88 Å². The number of ether oxygens (including phenoxy) is 1. The molecule has 0 atom stereocenters. The Morgan fingerprint density at radius 2 is 2.12 bits per heavy atom. The molecule has 0 spiro atoms. The van der Waals surface area contributed by atoms with Crippen LogP contribution >= 0.6 is 11.3 Å². The third kappa shape index (κ3) is 1.64. The van der Waals surface area contributed by atoms with Crippen LogP contribution in [0.25, 0.3) is 21.5 Å². The van der Waals surface area contributed by atoms with Crippen LogP contribution in [0.4, 0.5) is 0 Å². The first-order valence-corrected chi connectivity index (χ1v) is 5.95. The molecule has 0 aliphatic rings. The van der Waals surface area contributed by atoms with E-state index in [1.807, 2.05) is 23.6 Å². The Morgan fingerprint density at radius 1 is 1.18 bits per heavy atom. The van der Waals surface area contributed by atoms with Gasteiger partial charge in [-0.3, -0.25) is 0 Å². The van der Waals surface area contributed by atoms with Crippen molar-refractivity contribution in [3.8, 4) is 17.1 Å². The fraction of sp³-hybridized carbons (Fsp3) is 0.0833. The number of aromatic nitrogens is 3. The van der Waals surface area contributed by atoms with E-state index in [9.17, 15) is 0 Å². The Morgan fingerprint density at radius 3 is 3.00 bits per heavy atom. The van der Waals surface area contributed by atoms with Crippen molar-refractivity contribution >= 4 is 21.6 Å². The normalized spacial score (nSPS) is 10.6. The van der Waals surface area contributed by atoms with E-state index >= 15 is 0 Å². The van der Waals surface area contributed by atoms with E-state index in [0.717, 1.165) is 21.5 Å². The zero-order chi connectivity index (χ0) is 11.7. The highest BCUT2D eigenvalue weighted by Gasteiger charge is 2.12. The van der Waals surface area contributed by atoms with Gasteiger partial charge in [-0.15, -0.1) is 11.3 Å². The van der Waals surface area contributed by atoms with Gasteiger partial charge in [0, 0.05) is 6.20 Å². The van der Waals surface area contributed by atoms with Crippen molar-refractivity contribution in [1.29, 1.82) is 0 Å². The molecule has 0 aromatic carbocycles. The number of pyridine rings is 1. The van der Waals surface area contributed by atoms with Gasteiger partial charge in [-0.2, -0.15) is 0 Å². The highest BCUT2D eigenvalue weighted by molar-refractivity contribution is 7.17. The lowest BCUT2D eigenvalue weighted by Gasteiger charge is -2.06. The third-order valence-electron chi connectivity index (χ3n) is 2.46. The molecule has 0 unspecified atom stereocenters. The number of hydrogen-bond acceptors (Lipinski definition) is 5. The summed E-state index contributed by atoms with van der Waals surface area (Å²) in [5.41, 5.74) is 2.71. The van der Waals surface area contributed by atoms with Crippen molar-refractivity contribution in [3.05, 3.63) is 36.1 Å². The summed E-state index contributed by atoms with van der Waals surface area (Å²) in [4.78, 5) is 12.7. The van der Waals surface area contributed by atoms with Gasteiger partial charge in [0.25, 0.3) is 0 Å². The molecule has 4 nitrogen and oxygen atoms in total. The molecule has 0 fully saturated rings. The fourth-order valence-corrected chi connectivity index (χ4v) is 2.56. The molecule has 3 aromatic rings. The number of nitrogens with zero attached hydrogens (tertiary/aromatic N) is 3. The maximum atomic E-state index is 5.26. The van der Waals surface area contributed by atoms with E-state index in [0.29, 0.717) is 5.88 Å². The van der Waals surface area contributed by atoms with Crippen LogP contribution in [0, 0.1) is 0 Å². The Balaban J connectivity index is 2.30. The SMILES string of the molecule is COc1ncccc1-c1ncnc2ccsc12. The van der Waals surface area contributed by atoms with Crippen LogP contribution in [0.2, 0.25) is 0 Å². The molecule has 0 saturated heterocycles. The van der Waals surface area contributed by atoms with Crippen LogP contribution < -0.4 is 4.74 Å². The maximum absolute atomic E-state index is 5.26. The molecule has 0 bridgehead atoms. The van der Waals surface area contributed by atoms with Crippen molar-refractivity contribution < 1.29 is 4.74 Å². The van der Waals surface area contributed by atoms with Crippen LogP contribution in [-0.4, -0.2) is 22.1 Å². The maximum Gasteiger partial charge on any atom is 0.222 e. The van der Waals surface area contributed by atoms with Gasteiger partial charge >= 0.3 is 0 Å². The minimum atomic E-state index is 0.584. The van der Waals surface area contributed by atoms with Crippen molar-refractivity contribution in [2.75, 3.05) is 7.11 Å². The Kier molecular flexibility index (Phi) is 2.45. The van der Waals surface area contributed by atoms with E-state index in [1.54, 1.807) is 31.0 Å². The summed E-state index contributed by atoms with van der Waals surface area (Å²) >= 11 is 1.62. The number of fused-ring (bicyclic) bond motifs is 1. The van der Waals surface area contributed by atoms with E-state index < -0.39 is 0 Å². The summed E-state index contributed by atoms with van der Waals surface area (Å²) in [6.07, 6.45) is 3.27. The summed E-state index contributed by atoms with van der Waals surface area (Å²) in [7, 11) is 1.61. The lowest BCUT2D eigenvalue weighted by Crippen LogP contribution is -1.93. The van der Waals surface area contributed by atoms with Gasteiger partial charge in [-0.25, -0.2) is 15.0 Å². The van der Waals surface area contributed by atoms with Gasteiger partial charge in [0.1, 0.15) is 6.33 Å². The largest absolute Gasteiger partial charge is 0.481 e. The van der Waals surface area contributed by atoms with Crippen molar-refractivity contribution in [1.82, 2.24) is 15.0 Å². The van der Waals surface area contributed by atoms with Gasteiger partial charge in [-0.1, -0.05) is 0 Å². The molecule has 0 aliphatic heterocycles. The van der Waals surface area contributed by atoms with Crippen molar-refractivity contribution in [2.24, 2.45) is 0 Å². The molecule has 0 aliphatic carbocycles. The predicted octanol–water partition coefficient (Wildman–Crippen LogP) is 2.76. The second-order valence-electron chi connectivity index (χ2n) is 3.42. The third-order valence-corrected chi connectivity index (χ3v) is 3.37. The molecule has 17 heavy (non-hydrogen) atoms. The minimum absolute atomic E-state index is 0.584. The second-order valence-corrected chi connectivity index (χ2v) is 4.33. The first kappa shape index (κ1) is 10.2. The average molecular weight is 243 g/mol. The molecular formula is C12H9N3OS. The van der Waals surface area contributed by atoms with Crippen LogP contribution in [0.1, 0.15) is 0 Å². The molecule has 3 heterocycles. The zero-order valence-corrected chi connectivity index (χ0v) is 9.94. The number of methoxy groups -OCH3 is 1. The topological polar surface area (TPSA) is 47.9 Å². The smallest absolute Gasteiger partial charge is 0.222 e. The molecule has 0 amide bonds. The molecule has 0 radical (unpaired) electrons. The first-order valence-electron chi connectivity index (χ1n) is 5.07. The molecule has 5 heteroatoms. The lowest BCUT2D eigenvalue weighted by atomic mass is 10.2. The van der Waals surface area contributed by atoms with Crippen LogP contribution in [0.3, 0.4) is 0 Å². The monoisotopic (exact) mass is 243 g/mol. The number of hydrogen-bond donors (Lipinski definition) is 0. The quantitative estimate of drug-likeness (QED) is 0.694. The number of rotatable bonds is 2. The fourth-order valence-electron chi connectivity index (χ4n) is 1.71. The van der Waals surface area contributed by atoms with E-state index in [4.69, 9.17) is 4.74 Å². The van der Waals surface area contributed by atoms with Gasteiger partial charge in [-0.05, 0) is 23.6 Å². The zero-order valence-electron chi connectivity index (χ0n) is 9.12. The highest BCUT2D eigenvalue weighted by atomic mass is 32.1. The van der Waals surface area contributed by atoms with Crippen LogP contribution in [0.5, 0.6) is 5.88 Å². The standard InChI is InChI=1S/C12H9N3OS/c1-16-12-8(3-2-5-13-12)10-11-9(4-6-17-11)14-7-15-10/h2-7H,1H3. The Labute approximate surface area is 102 Å². The van der Waals surface area contributed by atoms with Crippen molar-refractivity contribution in [2.45, 2.75) is 0 Å². The highest BCUT2D eigenvalue weighted by Crippen LogP contribution is 2.33. The lowest BCUT2D eigenvalue weighted by molar-refractivity contribution is 0.399. The van der Waals surface area contributed by atoms with Crippen molar-refractivity contribution in [3.63, 3.8) is 0 Å². The molecule has 0 saturated carbocycles. The van der Waals surface area contributed by atoms with Crippen LogP contribution in [0.15, 0.2) is 36.1 Å². The molecular weight excluding hydrogens is 234 g/mol. The predicted molar refractivity (Wildman–Crippen MR) is 67.2 cm³/mol. The molecule has 3 rings (SSSR count). The molecule has 84 valence electrons. The second kappa shape index (κ2) is 4.10. The van der Waals surface area contributed by atoms with Gasteiger partial charge < -0.3 is 4.74 Å². The molecule has 0 N–H and O–H groups in total. The first-order chi connectivity index (χ1) is 8.40. The summed E-state index contributed by atoms with van der Waals surface area (Å²) in [5.74, 6) is 0.584. The van der Waals surface area contributed by atoms with E-state index in [2.05, 4.69) is 15.0 Å².